The van der Waals surface area contributed by atoms with Crippen molar-refractivity contribution in [3.05, 3.63) is 69.2 Å². The van der Waals surface area contributed by atoms with Gasteiger partial charge >= 0.3 is 0 Å². The summed E-state index contributed by atoms with van der Waals surface area (Å²) in [5, 5.41) is 5.73. The zero-order chi connectivity index (χ0) is 17.4. The van der Waals surface area contributed by atoms with Gasteiger partial charge in [-0.1, -0.05) is 30.8 Å². The topological polar surface area (TPSA) is 24.9 Å². The minimum atomic E-state index is 1.05. The van der Waals surface area contributed by atoms with E-state index in [1.54, 1.807) is 23.1 Å². The molecule has 0 saturated carbocycles. The number of aromatic nitrogens is 1. The lowest BCUT2D eigenvalue weighted by Crippen LogP contribution is -1.89. The minimum Gasteiger partial charge on any atom is -0.349 e. The number of nitrogens with zero attached hydrogens (tertiary/aromatic N) is 1. The first-order valence-electron chi connectivity index (χ1n) is 8.46. The molecule has 2 aromatic carbocycles. The van der Waals surface area contributed by atoms with Crippen LogP contribution in [0.4, 0.5) is 5.69 Å². The van der Waals surface area contributed by atoms with Crippen molar-refractivity contribution in [3.63, 3.8) is 0 Å². The summed E-state index contributed by atoms with van der Waals surface area (Å²) < 4.78 is 1.25. The Kier molecular flexibility index (Phi) is 4.40. The van der Waals surface area contributed by atoms with Crippen molar-refractivity contribution in [2.24, 2.45) is 0 Å². The molecular formula is C21H20N2S2. The number of benzene rings is 2. The third-order valence-corrected chi connectivity index (χ3v) is 6.20. The van der Waals surface area contributed by atoms with Crippen molar-refractivity contribution >= 4 is 45.1 Å². The molecule has 126 valence electrons. The number of anilines is 1. The SMILES string of the molecule is CCc1ccc2sc(C=C(C)C=C3Nc4cc(C)ccc4S3)nc2c1. The highest BCUT2D eigenvalue weighted by Crippen LogP contribution is 2.41. The van der Waals surface area contributed by atoms with Crippen LogP contribution in [0.5, 0.6) is 0 Å². The highest BCUT2D eigenvalue weighted by Gasteiger charge is 2.15. The van der Waals surface area contributed by atoms with E-state index in [2.05, 4.69) is 74.6 Å². The van der Waals surface area contributed by atoms with Crippen LogP contribution in [0.2, 0.25) is 0 Å². The summed E-state index contributed by atoms with van der Waals surface area (Å²) in [4.78, 5) is 6.06. The fourth-order valence-corrected chi connectivity index (χ4v) is 4.85. The molecule has 1 aromatic heterocycles. The molecule has 0 fully saturated rings. The van der Waals surface area contributed by atoms with Crippen LogP contribution in [0.1, 0.15) is 30.0 Å². The number of allylic oxidation sites excluding steroid dienone is 2. The van der Waals surface area contributed by atoms with Crippen LogP contribution in [0, 0.1) is 6.92 Å². The van der Waals surface area contributed by atoms with Gasteiger partial charge in [0.05, 0.1) is 20.9 Å². The maximum atomic E-state index is 4.77. The molecule has 1 N–H and O–H groups in total. The molecule has 4 rings (SSSR count). The maximum Gasteiger partial charge on any atom is 0.117 e. The monoisotopic (exact) mass is 364 g/mol. The predicted molar refractivity (Wildman–Crippen MR) is 111 cm³/mol. The van der Waals surface area contributed by atoms with Crippen LogP contribution in [0.25, 0.3) is 16.3 Å². The molecule has 2 heterocycles. The number of hydrogen-bond acceptors (Lipinski definition) is 4. The molecule has 2 nitrogen and oxygen atoms in total. The van der Waals surface area contributed by atoms with Crippen LogP contribution < -0.4 is 5.32 Å². The first-order valence-corrected chi connectivity index (χ1v) is 10.1. The van der Waals surface area contributed by atoms with E-state index in [1.807, 2.05) is 0 Å². The number of fused-ring (bicyclic) bond motifs is 2. The number of hydrogen-bond donors (Lipinski definition) is 1. The van der Waals surface area contributed by atoms with Gasteiger partial charge in [0.15, 0.2) is 0 Å². The van der Waals surface area contributed by atoms with Crippen molar-refractivity contribution in [2.75, 3.05) is 5.32 Å². The van der Waals surface area contributed by atoms with Gasteiger partial charge < -0.3 is 5.32 Å². The maximum absolute atomic E-state index is 4.77. The van der Waals surface area contributed by atoms with E-state index in [4.69, 9.17) is 4.98 Å². The number of nitrogens with one attached hydrogen (secondary N) is 1. The fraction of sp³-hybridized carbons (Fsp3) is 0.190. The minimum absolute atomic E-state index is 1.05. The fourth-order valence-electron chi connectivity index (χ4n) is 2.89. The molecule has 0 unspecified atom stereocenters. The average Bonchev–Trinajstić information content (AvgIpc) is 3.15. The Labute approximate surface area is 156 Å². The molecule has 0 amide bonds. The summed E-state index contributed by atoms with van der Waals surface area (Å²) in [6.45, 7) is 6.43. The summed E-state index contributed by atoms with van der Waals surface area (Å²) in [7, 11) is 0. The first kappa shape index (κ1) is 16.4. The summed E-state index contributed by atoms with van der Waals surface area (Å²) >= 11 is 3.53. The second kappa shape index (κ2) is 6.70. The molecule has 0 saturated heterocycles. The predicted octanol–water partition coefficient (Wildman–Crippen LogP) is 6.63. The van der Waals surface area contributed by atoms with Crippen molar-refractivity contribution < 1.29 is 0 Å². The van der Waals surface area contributed by atoms with E-state index in [-0.39, 0.29) is 0 Å². The zero-order valence-corrected chi connectivity index (χ0v) is 16.2. The summed E-state index contributed by atoms with van der Waals surface area (Å²) in [6.07, 6.45) is 5.41. The molecule has 0 spiro atoms. The molecule has 0 atom stereocenters. The van der Waals surface area contributed by atoms with Crippen LogP contribution in [0.3, 0.4) is 0 Å². The molecular weight excluding hydrogens is 344 g/mol. The van der Waals surface area contributed by atoms with Gasteiger partial charge in [0.1, 0.15) is 5.01 Å². The molecule has 1 aliphatic rings. The summed E-state index contributed by atoms with van der Waals surface area (Å²) in [5.74, 6) is 0. The Balaban J connectivity index is 1.58. The lowest BCUT2D eigenvalue weighted by molar-refractivity contribution is 1.14. The first-order chi connectivity index (χ1) is 12.1. The highest BCUT2D eigenvalue weighted by atomic mass is 32.2. The Morgan fingerprint density at radius 2 is 2.08 bits per heavy atom. The Morgan fingerprint density at radius 3 is 2.92 bits per heavy atom. The molecule has 25 heavy (non-hydrogen) atoms. The molecule has 0 bridgehead atoms. The Hall–Kier alpha value is -2.04. The molecule has 1 aliphatic heterocycles. The van der Waals surface area contributed by atoms with E-state index in [1.165, 1.54) is 37.0 Å². The van der Waals surface area contributed by atoms with Crippen molar-refractivity contribution in [3.8, 4) is 0 Å². The number of thiazole rings is 1. The van der Waals surface area contributed by atoms with Gasteiger partial charge in [0.2, 0.25) is 0 Å². The van der Waals surface area contributed by atoms with Gasteiger partial charge in [-0.3, -0.25) is 0 Å². The van der Waals surface area contributed by atoms with Crippen molar-refractivity contribution in [2.45, 2.75) is 32.1 Å². The Morgan fingerprint density at radius 1 is 1.20 bits per heavy atom. The van der Waals surface area contributed by atoms with Crippen LogP contribution in [-0.4, -0.2) is 4.98 Å². The molecule has 0 aliphatic carbocycles. The lowest BCUT2D eigenvalue weighted by Gasteiger charge is -1.99. The largest absolute Gasteiger partial charge is 0.349 e. The van der Waals surface area contributed by atoms with Gasteiger partial charge in [-0.2, -0.15) is 0 Å². The average molecular weight is 365 g/mol. The molecule has 0 radical (unpaired) electrons. The zero-order valence-electron chi connectivity index (χ0n) is 14.6. The van der Waals surface area contributed by atoms with Crippen LogP contribution >= 0.6 is 23.1 Å². The van der Waals surface area contributed by atoms with Gasteiger partial charge in [0, 0.05) is 4.90 Å². The normalized spacial score (nSPS) is 15.6. The van der Waals surface area contributed by atoms with E-state index in [0.29, 0.717) is 0 Å². The standard InChI is InChI=1S/C21H20N2S2/c1-4-15-6-8-19-17(12-15)23-21(25-19)11-14(3)10-20-22-16-9-13(2)5-7-18(16)24-20/h5-12,22H,4H2,1-3H3. The highest BCUT2D eigenvalue weighted by molar-refractivity contribution is 8.03. The van der Waals surface area contributed by atoms with E-state index in [9.17, 15) is 0 Å². The lowest BCUT2D eigenvalue weighted by atomic mass is 10.2. The van der Waals surface area contributed by atoms with Crippen molar-refractivity contribution in [1.29, 1.82) is 0 Å². The summed E-state index contributed by atoms with van der Waals surface area (Å²) in [5.41, 5.74) is 6.13. The van der Waals surface area contributed by atoms with Gasteiger partial charge in [0.25, 0.3) is 0 Å². The smallest absolute Gasteiger partial charge is 0.117 e. The quantitative estimate of drug-likeness (QED) is 0.564. The third kappa shape index (κ3) is 3.51. The van der Waals surface area contributed by atoms with Gasteiger partial charge in [-0.15, -0.1) is 11.3 Å². The van der Waals surface area contributed by atoms with E-state index >= 15 is 0 Å². The van der Waals surface area contributed by atoms with Crippen LogP contribution in [-0.2, 0) is 6.42 Å². The Bertz CT molecular complexity index is 1010. The number of aryl methyl sites for hydroxylation is 2. The second-order valence-corrected chi connectivity index (χ2v) is 8.48. The second-order valence-electron chi connectivity index (χ2n) is 6.33. The van der Waals surface area contributed by atoms with Gasteiger partial charge in [-0.05, 0) is 73.4 Å². The summed E-state index contributed by atoms with van der Waals surface area (Å²) in [6, 6.07) is 13.1. The number of thioether (sulfide) groups is 1. The molecule has 4 heteroatoms. The van der Waals surface area contributed by atoms with Crippen molar-refractivity contribution in [1.82, 2.24) is 4.98 Å². The van der Waals surface area contributed by atoms with E-state index in [0.717, 1.165) is 16.9 Å². The third-order valence-electron chi connectivity index (χ3n) is 4.20. The van der Waals surface area contributed by atoms with Crippen LogP contribution in [0.15, 0.2) is 58.0 Å². The molecule has 3 aromatic rings. The number of rotatable bonds is 3. The van der Waals surface area contributed by atoms with Gasteiger partial charge in [-0.25, -0.2) is 4.98 Å². The van der Waals surface area contributed by atoms with E-state index < -0.39 is 0 Å².